The molecule has 6 rings (SSSR count). The Balaban J connectivity index is 1.04. The fraction of sp³-hybridized carbons (Fsp3) is 0.700. The van der Waals surface area contributed by atoms with Crippen LogP contribution < -0.4 is 10.1 Å². The summed E-state index contributed by atoms with van der Waals surface area (Å²) >= 11 is 0. The lowest BCUT2D eigenvalue weighted by atomic mass is 9.46. The normalized spacial score (nSPS) is 40.8. The van der Waals surface area contributed by atoms with Gasteiger partial charge in [-0.2, -0.15) is 0 Å². The molecule has 6 unspecified atom stereocenters. The van der Waals surface area contributed by atoms with Gasteiger partial charge in [0.25, 0.3) is 5.91 Å². The van der Waals surface area contributed by atoms with Gasteiger partial charge in [-0.3, -0.25) is 4.79 Å². The first-order chi connectivity index (χ1) is 22.4. The Labute approximate surface area is 282 Å². The average molecular weight is 644 g/mol. The number of allylic oxidation sites excluding steroid dienone is 2. The fourth-order valence-electron chi connectivity index (χ4n) is 11.0. The number of nitrogens with one attached hydrogen (secondary N) is 1. The first-order valence-corrected chi connectivity index (χ1v) is 18.1. The number of oxime groups is 1. The highest BCUT2D eigenvalue weighted by atomic mass is 16.6. The molecule has 0 radical (unpaired) electrons. The second-order valence-corrected chi connectivity index (χ2v) is 16.2. The number of methoxy groups -OCH3 is 1. The molecule has 7 nitrogen and oxygen atoms in total. The Bertz CT molecular complexity index is 1430. The number of nitrogens with zero attached hydrogens (tertiary/aromatic N) is 2. The predicted octanol–water partition coefficient (Wildman–Crippen LogP) is 6.50. The lowest BCUT2D eigenvalue weighted by molar-refractivity contribution is -0.125. The third-order valence-corrected chi connectivity index (χ3v) is 14.2. The number of hydrogen-bond acceptors (Lipinski definition) is 6. The highest BCUT2D eigenvalue weighted by Gasteiger charge is 2.63. The van der Waals surface area contributed by atoms with Crippen molar-refractivity contribution in [2.75, 3.05) is 33.9 Å². The average Bonchev–Trinajstić information content (AvgIpc) is 3.34. The molecule has 0 spiro atoms. The van der Waals surface area contributed by atoms with Crippen LogP contribution in [0.15, 0.2) is 41.1 Å². The van der Waals surface area contributed by atoms with Crippen LogP contribution in [0.1, 0.15) is 97.5 Å². The lowest BCUT2D eigenvalue weighted by Crippen LogP contribution is -2.54. The summed E-state index contributed by atoms with van der Waals surface area (Å²) in [5.74, 6) is 5.70. The minimum Gasteiger partial charge on any atom is -0.497 e. The minimum absolute atomic E-state index is 0.0241. The van der Waals surface area contributed by atoms with E-state index in [1.807, 2.05) is 12.1 Å². The Hall–Kier alpha value is -2.82. The third kappa shape index (κ3) is 5.82. The van der Waals surface area contributed by atoms with Gasteiger partial charge in [-0.15, -0.1) is 6.42 Å². The van der Waals surface area contributed by atoms with Crippen molar-refractivity contribution in [3.8, 4) is 18.1 Å². The van der Waals surface area contributed by atoms with Crippen LogP contribution >= 0.6 is 0 Å². The Morgan fingerprint density at radius 1 is 1.11 bits per heavy atom. The third-order valence-electron chi connectivity index (χ3n) is 14.2. The van der Waals surface area contributed by atoms with Crippen LogP contribution in [0.5, 0.6) is 5.75 Å². The first kappa shape index (κ1) is 34.1. The zero-order valence-electron chi connectivity index (χ0n) is 29.6. The minimum atomic E-state index is -0.961. The molecule has 0 bridgehead atoms. The van der Waals surface area contributed by atoms with Gasteiger partial charge in [-0.05, 0) is 131 Å². The van der Waals surface area contributed by atoms with Crippen LogP contribution in [0.4, 0.5) is 0 Å². The molecule has 9 atom stereocenters. The number of carbonyl (C=O) groups excluding carboxylic acids is 1. The summed E-state index contributed by atoms with van der Waals surface area (Å²) in [5, 5.41) is 18.9. The highest BCUT2D eigenvalue weighted by Crippen LogP contribution is 2.67. The van der Waals surface area contributed by atoms with E-state index in [2.05, 4.69) is 74.2 Å². The Kier molecular flexibility index (Phi) is 9.35. The maximum Gasteiger partial charge on any atom is 0.260 e. The quantitative estimate of drug-likeness (QED) is 0.250. The fourth-order valence-corrected chi connectivity index (χ4v) is 11.0. The van der Waals surface area contributed by atoms with Gasteiger partial charge < -0.3 is 24.9 Å². The Morgan fingerprint density at radius 3 is 2.57 bits per heavy atom. The number of amides is 1. The summed E-state index contributed by atoms with van der Waals surface area (Å²) in [4.78, 5) is 21.0. The van der Waals surface area contributed by atoms with Crippen LogP contribution in [0.25, 0.3) is 0 Å². The number of terminal acetylenes is 1. The van der Waals surface area contributed by atoms with Crippen molar-refractivity contribution in [2.45, 2.75) is 109 Å². The van der Waals surface area contributed by atoms with Crippen molar-refractivity contribution in [1.29, 1.82) is 0 Å². The molecule has 47 heavy (non-hydrogen) atoms. The number of carbonyl (C=O) groups is 1. The summed E-state index contributed by atoms with van der Waals surface area (Å²) < 4.78 is 5.42. The van der Waals surface area contributed by atoms with Crippen LogP contribution in [-0.2, 0) is 15.0 Å². The summed E-state index contributed by atoms with van der Waals surface area (Å²) in [7, 11) is 3.90. The van der Waals surface area contributed by atoms with E-state index < -0.39 is 5.60 Å². The molecule has 1 aromatic rings. The molecule has 4 aliphatic carbocycles. The summed E-state index contributed by atoms with van der Waals surface area (Å²) in [6.45, 7) is 10.9. The van der Waals surface area contributed by atoms with E-state index in [0.29, 0.717) is 36.3 Å². The number of likely N-dealkylation sites (tertiary alicyclic amines) is 1. The SMILES string of the molecule is C#C[C@]1(O)CCC2C3CCC4=CC(=NOCC(=O)NCCC5(c6ccc(OC)cc6)CC(C)N(C)CC5C)CC[C@]4(C)C3CC[C@@]21C. The van der Waals surface area contributed by atoms with Crippen molar-refractivity contribution < 1.29 is 19.5 Å². The van der Waals surface area contributed by atoms with E-state index in [-0.39, 0.29) is 28.8 Å². The smallest absolute Gasteiger partial charge is 0.260 e. The monoisotopic (exact) mass is 643 g/mol. The molecular formula is C40H57N3O4. The maximum absolute atomic E-state index is 12.9. The number of fused-ring (bicyclic) bond motifs is 5. The number of ether oxygens (including phenoxy) is 1. The standard InChI is InChI=1S/C40H57N3O4/c1-8-40(45)20-17-35-33-14-11-30-23-31(15-18-37(30,4)34(33)16-19-38(35,40)5)42-47-26-36(44)41-22-21-39(24-28(3)43(6)25-27(39)2)29-9-12-32(46-7)13-10-29/h1,9-10,12-13,23,27-28,33-35,45H,11,14-22,24-26H2,2-7H3,(H,41,44)/t27?,28?,33?,34?,35?,37-,38-,39?,40-/m0/s1. The van der Waals surface area contributed by atoms with Crippen molar-refractivity contribution in [3.05, 3.63) is 41.5 Å². The number of benzene rings is 1. The van der Waals surface area contributed by atoms with Gasteiger partial charge >= 0.3 is 0 Å². The molecule has 0 aromatic heterocycles. The maximum atomic E-state index is 12.9. The van der Waals surface area contributed by atoms with Crippen LogP contribution in [0, 0.1) is 46.8 Å². The van der Waals surface area contributed by atoms with Gasteiger partial charge in [-0.1, -0.05) is 49.6 Å². The first-order valence-electron chi connectivity index (χ1n) is 18.1. The molecule has 1 aromatic carbocycles. The molecule has 7 heteroatoms. The molecular weight excluding hydrogens is 586 g/mol. The summed E-state index contributed by atoms with van der Waals surface area (Å²) in [5.41, 5.74) is 2.74. The second-order valence-electron chi connectivity index (χ2n) is 16.2. The molecule has 1 amide bonds. The lowest BCUT2D eigenvalue weighted by Gasteiger charge is -2.58. The van der Waals surface area contributed by atoms with Gasteiger partial charge in [0.2, 0.25) is 0 Å². The molecule has 4 fully saturated rings. The number of piperidine rings is 1. The number of aliphatic hydroxyl groups is 1. The van der Waals surface area contributed by atoms with Crippen LogP contribution in [-0.4, -0.2) is 67.1 Å². The van der Waals surface area contributed by atoms with Crippen LogP contribution in [0.3, 0.4) is 0 Å². The van der Waals surface area contributed by atoms with Gasteiger partial charge in [0.15, 0.2) is 6.61 Å². The summed E-state index contributed by atoms with van der Waals surface area (Å²) in [6, 6.07) is 8.95. The van der Waals surface area contributed by atoms with Crippen molar-refractivity contribution >= 4 is 11.6 Å². The van der Waals surface area contributed by atoms with Gasteiger partial charge in [0.05, 0.1) is 12.8 Å². The van der Waals surface area contributed by atoms with Gasteiger partial charge in [0, 0.05) is 30.0 Å². The van der Waals surface area contributed by atoms with E-state index in [4.69, 9.17) is 16.0 Å². The zero-order chi connectivity index (χ0) is 33.6. The summed E-state index contributed by atoms with van der Waals surface area (Å²) in [6.07, 6.45) is 18.0. The highest BCUT2D eigenvalue weighted by molar-refractivity contribution is 5.96. The van der Waals surface area contributed by atoms with Crippen molar-refractivity contribution in [3.63, 3.8) is 0 Å². The van der Waals surface area contributed by atoms with E-state index in [0.717, 1.165) is 82.2 Å². The van der Waals surface area contributed by atoms with E-state index in [1.165, 1.54) is 11.1 Å². The van der Waals surface area contributed by atoms with Crippen LogP contribution in [0.2, 0.25) is 0 Å². The van der Waals surface area contributed by atoms with E-state index in [1.54, 1.807) is 7.11 Å². The molecule has 1 aliphatic heterocycles. The molecule has 3 saturated carbocycles. The molecule has 1 heterocycles. The predicted molar refractivity (Wildman–Crippen MR) is 187 cm³/mol. The molecule has 1 saturated heterocycles. The number of rotatable bonds is 8. The topological polar surface area (TPSA) is 83.4 Å². The van der Waals surface area contributed by atoms with E-state index >= 15 is 0 Å². The van der Waals surface area contributed by atoms with Gasteiger partial charge in [0.1, 0.15) is 11.4 Å². The zero-order valence-corrected chi connectivity index (χ0v) is 29.6. The second kappa shape index (κ2) is 12.9. The van der Waals surface area contributed by atoms with Crippen molar-refractivity contribution in [1.82, 2.24) is 10.2 Å². The van der Waals surface area contributed by atoms with Crippen molar-refractivity contribution in [2.24, 2.45) is 39.7 Å². The largest absolute Gasteiger partial charge is 0.497 e. The molecule has 5 aliphatic rings. The molecule has 256 valence electrons. The number of hydrogen-bond donors (Lipinski definition) is 2. The van der Waals surface area contributed by atoms with Gasteiger partial charge in [-0.25, -0.2) is 0 Å². The molecule has 2 N–H and O–H groups in total. The Morgan fingerprint density at radius 2 is 1.85 bits per heavy atom. The van der Waals surface area contributed by atoms with E-state index in [9.17, 15) is 9.90 Å².